The number of hydrogen-bond donors (Lipinski definition) is 2. The Balaban J connectivity index is 1.67. The van der Waals surface area contributed by atoms with Gasteiger partial charge in [-0.3, -0.25) is 14.7 Å². The summed E-state index contributed by atoms with van der Waals surface area (Å²) < 4.78 is 0. The lowest BCUT2D eigenvalue weighted by Crippen LogP contribution is -2.40. The highest BCUT2D eigenvalue weighted by Gasteiger charge is 2.22. The molecular formula is C13H21N5O. The molecule has 0 aliphatic carbocycles. The summed E-state index contributed by atoms with van der Waals surface area (Å²) in [6.45, 7) is 5.61. The maximum Gasteiger partial charge on any atom is 0.239 e. The number of nitrogens with zero attached hydrogens (tertiary/aromatic N) is 3. The molecule has 6 nitrogen and oxygen atoms in total. The van der Waals surface area contributed by atoms with Gasteiger partial charge in [0.2, 0.25) is 5.91 Å². The van der Waals surface area contributed by atoms with Gasteiger partial charge in [-0.15, -0.1) is 0 Å². The van der Waals surface area contributed by atoms with E-state index in [-0.39, 0.29) is 5.91 Å². The highest BCUT2D eigenvalue weighted by molar-refractivity contribution is 5.91. The van der Waals surface area contributed by atoms with Crippen LogP contribution in [-0.2, 0) is 4.79 Å². The van der Waals surface area contributed by atoms with Crippen molar-refractivity contribution in [3.8, 4) is 0 Å². The summed E-state index contributed by atoms with van der Waals surface area (Å²) in [5, 5.41) is 5.91. The molecule has 1 aromatic rings. The SMILES string of the molecule is CCN1CCCC1CNCC(=O)Nc1cnccn1. The van der Waals surface area contributed by atoms with Crippen molar-refractivity contribution in [3.63, 3.8) is 0 Å². The molecule has 1 aliphatic heterocycles. The van der Waals surface area contributed by atoms with Gasteiger partial charge in [0.15, 0.2) is 5.82 Å². The van der Waals surface area contributed by atoms with Crippen LogP contribution in [0.5, 0.6) is 0 Å². The zero-order valence-corrected chi connectivity index (χ0v) is 11.3. The molecule has 0 saturated carbocycles. The first-order chi connectivity index (χ1) is 9.29. The Hall–Kier alpha value is -1.53. The van der Waals surface area contributed by atoms with Crippen molar-refractivity contribution in [2.24, 2.45) is 0 Å². The molecule has 1 atom stereocenters. The lowest BCUT2D eigenvalue weighted by molar-refractivity contribution is -0.115. The maximum atomic E-state index is 11.7. The Kier molecular flexibility index (Phi) is 5.23. The van der Waals surface area contributed by atoms with E-state index in [0.29, 0.717) is 18.4 Å². The minimum absolute atomic E-state index is 0.0819. The van der Waals surface area contributed by atoms with E-state index in [0.717, 1.165) is 13.1 Å². The van der Waals surface area contributed by atoms with E-state index >= 15 is 0 Å². The summed E-state index contributed by atoms with van der Waals surface area (Å²) >= 11 is 0. The number of aromatic nitrogens is 2. The van der Waals surface area contributed by atoms with Crippen LogP contribution >= 0.6 is 0 Å². The standard InChI is InChI=1S/C13H21N5O/c1-2-18-7-3-4-11(18)8-15-10-13(19)17-12-9-14-5-6-16-12/h5-6,9,11,15H,2-4,7-8,10H2,1H3,(H,16,17,19). The second kappa shape index (κ2) is 7.16. The van der Waals surface area contributed by atoms with Gasteiger partial charge in [-0.25, -0.2) is 4.98 Å². The van der Waals surface area contributed by atoms with Crippen molar-refractivity contribution >= 4 is 11.7 Å². The largest absolute Gasteiger partial charge is 0.308 e. The topological polar surface area (TPSA) is 70.2 Å². The fourth-order valence-electron chi connectivity index (χ4n) is 2.45. The van der Waals surface area contributed by atoms with E-state index in [4.69, 9.17) is 0 Å². The van der Waals surface area contributed by atoms with Crippen LogP contribution < -0.4 is 10.6 Å². The van der Waals surface area contributed by atoms with Crippen LogP contribution in [-0.4, -0.2) is 53.0 Å². The molecule has 0 radical (unpaired) electrons. The van der Waals surface area contributed by atoms with Crippen LogP contribution in [0.15, 0.2) is 18.6 Å². The van der Waals surface area contributed by atoms with E-state index < -0.39 is 0 Å². The first-order valence-corrected chi connectivity index (χ1v) is 6.80. The summed E-state index contributed by atoms with van der Waals surface area (Å²) in [4.78, 5) is 22.0. The Morgan fingerprint density at radius 1 is 1.53 bits per heavy atom. The minimum Gasteiger partial charge on any atom is -0.308 e. The lowest BCUT2D eigenvalue weighted by atomic mass is 10.2. The van der Waals surface area contributed by atoms with Crippen LogP contribution in [0.25, 0.3) is 0 Å². The summed E-state index contributed by atoms with van der Waals surface area (Å²) in [6.07, 6.45) is 7.14. The van der Waals surface area contributed by atoms with Gasteiger partial charge >= 0.3 is 0 Å². The fourth-order valence-corrected chi connectivity index (χ4v) is 2.45. The van der Waals surface area contributed by atoms with E-state index in [9.17, 15) is 4.79 Å². The smallest absolute Gasteiger partial charge is 0.239 e. The molecule has 0 aromatic carbocycles. The molecule has 1 amide bonds. The summed E-state index contributed by atoms with van der Waals surface area (Å²) in [6, 6.07) is 0.564. The third kappa shape index (κ3) is 4.25. The molecule has 1 aliphatic rings. The van der Waals surface area contributed by atoms with Crippen molar-refractivity contribution in [2.45, 2.75) is 25.8 Å². The molecule has 1 aromatic heterocycles. The molecule has 2 heterocycles. The van der Waals surface area contributed by atoms with E-state index in [2.05, 4.69) is 32.4 Å². The summed E-state index contributed by atoms with van der Waals surface area (Å²) in [5.74, 6) is 0.409. The molecule has 104 valence electrons. The van der Waals surface area contributed by atoms with Crippen molar-refractivity contribution in [3.05, 3.63) is 18.6 Å². The first-order valence-electron chi connectivity index (χ1n) is 6.80. The predicted molar refractivity (Wildman–Crippen MR) is 73.8 cm³/mol. The van der Waals surface area contributed by atoms with E-state index in [1.165, 1.54) is 25.6 Å². The van der Waals surface area contributed by atoms with Gasteiger partial charge in [0.25, 0.3) is 0 Å². The molecule has 2 N–H and O–H groups in total. The van der Waals surface area contributed by atoms with Gasteiger partial charge in [0.05, 0.1) is 12.7 Å². The van der Waals surface area contributed by atoms with Crippen LogP contribution in [0, 0.1) is 0 Å². The van der Waals surface area contributed by atoms with Gasteiger partial charge in [-0.1, -0.05) is 6.92 Å². The van der Waals surface area contributed by atoms with Crippen LogP contribution in [0.1, 0.15) is 19.8 Å². The number of likely N-dealkylation sites (tertiary alicyclic amines) is 1. The monoisotopic (exact) mass is 263 g/mol. The number of likely N-dealkylation sites (N-methyl/N-ethyl adjacent to an activating group) is 1. The molecule has 6 heteroatoms. The predicted octanol–water partition coefficient (Wildman–Crippen LogP) is 0.489. The Labute approximate surface area is 113 Å². The molecule has 0 bridgehead atoms. The van der Waals surface area contributed by atoms with E-state index in [1.807, 2.05) is 0 Å². The van der Waals surface area contributed by atoms with Gasteiger partial charge in [-0.05, 0) is 25.9 Å². The zero-order chi connectivity index (χ0) is 13.5. The number of carbonyl (C=O) groups excluding carboxylic acids is 1. The van der Waals surface area contributed by atoms with Crippen molar-refractivity contribution in [1.29, 1.82) is 0 Å². The zero-order valence-electron chi connectivity index (χ0n) is 11.3. The minimum atomic E-state index is -0.0819. The molecule has 2 rings (SSSR count). The average molecular weight is 263 g/mol. The Morgan fingerprint density at radius 3 is 3.16 bits per heavy atom. The highest BCUT2D eigenvalue weighted by Crippen LogP contribution is 2.15. The van der Waals surface area contributed by atoms with Crippen LogP contribution in [0.3, 0.4) is 0 Å². The first kappa shape index (κ1) is 13.9. The van der Waals surface area contributed by atoms with Crippen molar-refractivity contribution in [2.75, 3.05) is 31.5 Å². The lowest BCUT2D eigenvalue weighted by Gasteiger charge is -2.22. The number of anilines is 1. The highest BCUT2D eigenvalue weighted by atomic mass is 16.1. The number of rotatable bonds is 6. The van der Waals surface area contributed by atoms with Crippen LogP contribution in [0.2, 0.25) is 0 Å². The molecule has 1 fully saturated rings. The number of amides is 1. The average Bonchev–Trinajstić information content (AvgIpc) is 2.87. The second-order valence-corrected chi connectivity index (χ2v) is 4.69. The molecule has 0 spiro atoms. The third-order valence-electron chi connectivity index (χ3n) is 3.40. The fraction of sp³-hybridized carbons (Fsp3) is 0.615. The normalized spacial score (nSPS) is 19.5. The number of carbonyl (C=O) groups is 1. The van der Waals surface area contributed by atoms with Crippen molar-refractivity contribution in [1.82, 2.24) is 20.2 Å². The van der Waals surface area contributed by atoms with Gasteiger partial charge in [0, 0.05) is 25.0 Å². The quantitative estimate of drug-likeness (QED) is 0.781. The Bertz CT molecular complexity index is 397. The molecule has 19 heavy (non-hydrogen) atoms. The summed E-state index contributed by atoms with van der Waals surface area (Å²) in [5.41, 5.74) is 0. The van der Waals surface area contributed by atoms with Gasteiger partial charge in [-0.2, -0.15) is 0 Å². The molecule has 1 saturated heterocycles. The third-order valence-corrected chi connectivity index (χ3v) is 3.40. The Morgan fingerprint density at radius 2 is 2.42 bits per heavy atom. The van der Waals surface area contributed by atoms with Gasteiger partial charge in [0.1, 0.15) is 0 Å². The summed E-state index contributed by atoms with van der Waals surface area (Å²) in [7, 11) is 0. The molecular weight excluding hydrogens is 242 g/mol. The molecule has 1 unspecified atom stereocenters. The number of hydrogen-bond acceptors (Lipinski definition) is 5. The maximum absolute atomic E-state index is 11.7. The van der Waals surface area contributed by atoms with Crippen LogP contribution in [0.4, 0.5) is 5.82 Å². The van der Waals surface area contributed by atoms with Crippen molar-refractivity contribution < 1.29 is 4.79 Å². The van der Waals surface area contributed by atoms with E-state index in [1.54, 1.807) is 12.4 Å². The van der Waals surface area contributed by atoms with Gasteiger partial charge < -0.3 is 10.6 Å². The second-order valence-electron chi connectivity index (χ2n) is 4.69. The number of nitrogens with one attached hydrogen (secondary N) is 2.